The standard InChI is InChI=1S/C10H20N2S/c1-6-7-13-8-9(2,3)12-10(4,5)11-8/h12H,6-7H2,1-5H3. The predicted octanol–water partition coefficient (Wildman–Crippen LogP) is 2.65. The van der Waals surface area contributed by atoms with E-state index in [1.54, 1.807) is 0 Å². The van der Waals surface area contributed by atoms with Crippen LogP contribution in [0.15, 0.2) is 4.99 Å². The fraction of sp³-hybridized carbons (Fsp3) is 0.900. The zero-order chi connectivity index (χ0) is 10.1. The topological polar surface area (TPSA) is 24.4 Å². The van der Waals surface area contributed by atoms with Crippen LogP contribution < -0.4 is 5.32 Å². The molecule has 0 aromatic heterocycles. The molecule has 0 amide bonds. The maximum Gasteiger partial charge on any atom is 0.106 e. The highest BCUT2D eigenvalue weighted by Gasteiger charge is 2.38. The molecule has 76 valence electrons. The summed E-state index contributed by atoms with van der Waals surface area (Å²) in [7, 11) is 0. The number of nitrogens with one attached hydrogen (secondary N) is 1. The van der Waals surface area contributed by atoms with Gasteiger partial charge in [0.25, 0.3) is 0 Å². The van der Waals surface area contributed by atoms with Gasteiger partial charge in [-0.3, -0.25) is 10.3 Å². The highest BCUT2D eigenvalue weighted by Crippen LogP contribution is 2.29. The lowest BCUT2D eigenvalue weighted by Crippen LogP contribution is -2.47. The minimum absolute atomic E-state index is 0.0589. The van der Waals surface area contributed by atoms with E-state index in [9.17, 15) is 0 Å². The van der Waals surface area contributed by atoms with Gasteiger partial charge in [0.1, 0.15) is 5.66 Å². The Balaban J connectivity index is 2.69. The average molecular weight is 200 g/mol. The van der Waals surface area contributed by atoms with Crippen molar-refractivity contribution in [2.24, 2.45) is 4.99 Å². The van der Waals surface area contributed by atoms with E-state index in [1.165, 1.54) is 17.2 Å². The highest BCUT2D eigenvalue weighted by molar-refractivity contribution is 8.14. The normalized spacial score (nSPS) is 24.5. The summed E-state index contributed by atoms with van der Waals surface area (Å²) < 4.78 is 0. The van der Waals surface area contributed by atoms with Crippen LogP contribution in [-0.4, -0.2) is 22.0 Å². The van der Waals surface area contributed by atoms with Crippen molar-refractivity contribution >= 4 is 16.8 Å². The Morgan fingerprint density at radius 1 is 1.31 bits per heavy atom. The second-order valence-electron chi connectivity index (χ2n) is 4.57. The predicted molar refractivity (Wildman–Crippen MR) is 61.5 cm³/mol. The van der Waals surface area contributed by atoms with E-state index < -0.39 is 0 Å². The Kier molecular flexibility index (Phi) is 3.08. The van der Waals surface area contributed by atoms with E-state index in [0.29, 0.717) is 0 Å². The molecular formula is C10H20N2S. The van der Waals surface area contributed by atoms with Gasteiger partial charge in [-0.1, -0.05) is 6.92 Å². The molecule has 1 rings (SSSR count). The van der Waals surface area contributed by atoms with E-state index in [-0.39, 0.29) is 11.2 Å². The first-order chi connectivity index (χ1) is 5.87. The van der Waals surface area contributed by atoms with Gasteiger partial charge in [0.15, 0.2) is 0 Å². The van der Waals surface area contributed by atoms with Crippen molar-refractivity contribution in [1.29, 1.82) is 0 Å². The van der Waals surface area contributed by atoms with Gasteiger partial charge in [-0.05, 0) is 39.9 Å². The molecule has 0 aromatic carbocycles. The van der Waals surface area contributed by atoms with Crippen LogP contribution in [0.5, 0.6) is 0 Å². The van der Waals surface area contributed by atoms with Gasteiger partial charge in [-0.15, -0.1) is 11.8 Å². The summed E-state index contributed by atoms with van der Waals surface area (Å²) in [5.41, 5.74) is -0.0249. The number of thioether (sulfide) groups is 1. The third kappa shape index (κ3) is 2.71. The van der Waals surface area contributed by atoms with Crippen LogP contribution in [0.25, 0.3) is 0 Å². The van der Waals surface area contributed by atoms with Crippen LogP contribution in [-0.2, 0) is 0 Å². The van der Waals surface area contributed by atoms with Crippen molar-refractivity contribution in [3.63, 3.8) is 0 Å². The van der Waals surface area contributed by atoms with Crippen LogP contribution in [0.4, 0.5) is 0 Å². The smallest absolute Gasteiger partial charge is 0.106 e. The number of hydrogen-bond acceptors (Lipinski definition) is 3. The molecule has 0 saturated carbocycles. The summed E-state index contributed by atoms with van der Waals surface area (Å²) in [6.45, 7) is 10.8. The average Bonchev–Trinajstić information content (AvgIpc) is 2.14. The fourth-order valence-electron chi connectivity index (χ4n) is 1.65. The molecule has 0 fully saturated rings. The maximum absolute atomic E-state index is 4.68. The molecule has 1 heterocycles. The third-order valence-corrected chi connectivity index (χ3v) is 3.46. The first kappa shape index (κ1) is 11.1. The van der Waals surface area contributed by atoms with Crippen LogP contribution in [0.3, 0.4) is 0 Å². The minimum Gasteiger partial charge on any atom is -0.283 e. The molecule has 0 saturated heterocycles. The summed E-state index contributed by atoms with van der Waals surface area (Å²) in [5.74, 6) is 1.17. The lowest BCUT2D eigenvalue weighted by molar-refractivity contribution is 0.372. The fourth-order valence-corrected chi connectivity index (χ4v) is 2.75. The van der Waals surface area contributed by atoms with Crippen molar-refractivity contribution in [2.75, 3.05) is 5.75 Å². The maximum atomic E-state index is 4.68. The van der Waals surface area contributed by atoms with Gasteiger partial charge >= 0.3 is 0 Å². The molecule has 0 spiro atoms. The van der Waals surface area contributed by atoms with Crippen LogP contribution in [0.2, 0.25) is 0 Å². The highest BCUT2D eigenvalue weighted by atomic mass is 32.2. The van der Waals surface area contributed by atoms with Crippen LogP contribution in [0, 0.1) is 0 Å². The van der Waals surface area contributed by atoms with E-state index in [1.807, 2.05) is 11.8 Å². The molecule has 0 aromatic rings. The molecule has 3 heteroatoms. The zero-order valence-corrected chi connectivity index (χ0v) is 10.1. The largest absolute Gasteiger partial charge is 0.283 e. The van der Waals surface area contributed by atoms with Crippen molar-refractivity contribution < 1.29 is 0 Å². The van der Waals surface area contributed by atoms with Crippen molar-refractivity contribution in [1.82, 2.24) is 5.32 Å². The zero-order valence-electron chi connectivity index (χ0n) is 9.27. The summed E-state index contributed by atoms with van der Waals surface area (Å²) in [6, 6.07) is 0. The summed E-state index contributed by atoms with van der Waals surface area (Å²) in [6.07, 6.45) is 1.21. The van der Waals surface area contributed by atoms with Crippen molar-refractivity contribution in [3.8, 4) is 0 Å². The van der Waals surface area contributed by atoms with Gasteiger partial charge in [-0.25, -0.2) is 0 Å². The molecule has 0 bridgehead atoms. The van der Waals surface area contributed by atoms with E-state index in [0.717, 1.165) is 0 Å². The number of nitrogens with zero attached hydrogens (tertiary/aromatic N) is 1. The molecule has 1 aliphatic heterocycles. The van der Waals surface area contributed by atoms with Gasteiger partial charge in [0.05, 0.1) is 10.6 Å². The molecule has 0 unspecified atom stereocenters. The molecule has 1 aliphatic rings. The van der Waals surface area contributed by atoms with Crippen LogP contribution >= 0.6 is 11.8 Å². The Labute approximate surface area is 85.6 Å². The quantitative estimate of drug-likeness (QED) is 0.741. The van der Waals surface area contributed by atoms with Crippen LogP contribution in [0.1, 0.15) is 41.0 Å². The summed E-state index contributed by atoms with van der Waals surface area (Å²) in [4.78, 5) is 4.68. The van der Waals surface area contributed by atoms with Crippen molar-refractivity contribution in [2.45, 2.75) is 52.2 Å². The van der Waals surface area contributed by atoms with Gasteiger partial charge < -0.3 is 0 Å². The summed E-state index contributed by atoms with van der Waals surface area (Å²) >= 11 is 1.88. The Morgan fingerprint density at radius 3 is 2.31 bits per heavy atom. The second kappa shape index (κ2) is 3.62. The van der Waals surface area contributed by atoms with E-state index >= 15 is 0 Å². The molecule has 0 aliphatic carbocycles. The Morgan fingerprint density at radius 2 is 1.92 bits per heavy atom. The van der Waals surface area contributed by atoms with Crippen molar-refractivity contribution in [3.05, 3.63) is 0 Å². The molecule has 0 atom stereocenters. The second-order valence-corrected chi connectivity index (χ2v) is 5.66. The SMILES string of the molecule is CCCSC1=NC(C)(C)NC1(C)C. The Hall–Kier alpha value is -0.0200. The Bertz CT molecular complexity index is 219. The third-order valence-electron chi connectivity index (χ3n) is 1.98. The van der Waals surface area contributed by atoms with E-state index in [2.05, 4.69) is 44.9 Å². The molecule has 1 N–H and O–H groups in total. The van der Waals surface area contributed by atoms with E-state index in [4.69, 9.17) is 0 Å². The lowest BCUT2D eigenvalue weighted by Gasteiger charge is -2.24. The number of hydrogen-bond donors (Lipinski definition) is 1. The molecular weight excluding hydrogens is 180 g/mol. The molecule has 0 radical (unpaired) electrons. The molecule has 2 nitrogen and oxygen atoms in total. The number of rotatable bonds is 2. The first-order valence-electron chi connectivity index (χ1n) is 4.90. The van der Waals surface area contributed by atoms with Gasteiger partial charge in [-0.2, -0.15) is 0 Å². The number of aliphatic imine (C=N–C) groups is 1. The minimum atomic E-state index is -0.0838. The van der Waals surface area contributed by atoms with Gasteiger partial charge in [0, 0.05) is 0 Å². The monoisotopic (exact) mass is 200 g/mol. The lowest BCUT2D eigenvalue weighted by atomic mass is 10.1. The first-order valence-corrected chi connectivity index (χ1v) is 5.88. The molecule has 13 heavy (non-hydrogen) atoms. The van der Waals surface area contributed by atoms with Gasteiger partial charge in [0.2, 0.25) is 0 Å². The summed E-state index contributed by atoms with van der Waals surface area (Å²) in [5, 5.41) is 4.75.